The Morgan fingerprint density at radius 3 is 2.76 bits per heavy atom. The molecule has 0 aliphatic carbocycles. The Hall–Kier alpha value is -2.21. The molecule has 3 rings (SSSR count). The van der Waals surface area contributed by atoms with E-state index in [-0.39, 0.29) is 17.8 Å². The van der Waals surface area contributed by atoms with Gasteiger partial charge >= 0.3 is 0 Å². The van der Waals surface area contributed by atoms with Crippen molar-refractivity contribution < 1.29 is 9.90 Å². The summed E-state index contributed by atoms with van der Waals surface area (Å²) in [5.41, 5.74) is 2.14. The molecule has 1 aromatic heterocycles. The lowest BCUT2D eigenvalue weighted by Gasteiger charge is -2.18. The Balaban J connectivity index is 1.89. The first-order valence-electron chi connectivity index (χ1n) is 8.97. The standard InChI is InChI=1S/C19H26N4O2/c1-13(2)16-8-4-5-9-17(16)23-14(3)20-18(21-23)19(25)22-11-6-7-15(24)10-12-22/h4-5,8-9,13,15,24H,6-7,10-12H2,1-3H3. The summed E-state index contributed by atoms with van der Waals surface area (Å²) in [4.78, 5) is 18.9. The Kier molecular flexibility index (Phi) is 5.18. The zero-order valence-corrected chi connectivity index (χ0v) is 15.1. The van der Waals surface area contributed by atoms with E-state index in [1.165, 1.54) is 5.56 Å². The molecule has 2 heterocycles. The van der Waals surface area contributed by atoms with Crippen LogP contribution in [-0.4, -0.2) is 49.9 Å². The molecule has 0 saturated carbocycles. The first kappa shape index (κ1) is 17.6. The summed E-state index contributed by atoms with van der Waals surface area (Å²) in [6, 6.07) is 8.08. The number of nitrogens with zero attached hydrogens (tertiary/aromatic N) is 4. The third-order valence-corrected chi connectivity index (χ3v) is 4.73. The van der Waals surface area contributed by atoms with Gasteiger partial charge in [-0.2, -0.15) is 0 Å². The number of benzene rings is 1. The first-order valence-corrected chi connectivity index (χ1v) is 8.97. The Bertz CT molecular complexity index is 754. The van der Waals surface area contributed by atoms with Gasteiger partial charge in [-0.3, -0.25) is 4.79 Å². The minimum atomic E-state index is -0.317. The summed E-state index contributed by atoms with van der Waals surface area (Å²) >= 11 is 0. The lowest BCUT2D eigenvalue weighted by atomic mass is 10.0. The summed E-state index contributed by atoms with van der Waals surface area (Å²) in [7, 11) is 0. The van der Waals surface area contributed by atoms with E-state index in [2.05, 4.69) is 30.0 Å². The number of hydrogen-bond acceptors (Lipinski definition) is 4. The van der Waals surface area contributed by atoms with Crippen LogP contribution in [0.15, 0.2) is 24.3 Å². The molecule has 1 saturated heterocycles. The highest BCUT2D eigenvalue weighted by Gasteiger charge is 2.24. The van der Waals surface area contributed by atoms with Crippen molar-refractivity contribution in [3.8, 4) is 5.69 Å². The number of likely N-dealkylation sites (tertiary alicyclic amines) is 1. The highest BCUT2D eigenvalue weighted by molar-refractivity contribution is 5.90. The van der Waals surface area contributed by atoms with Gasteiger partial charge in [0.25, 0.3) is 5.91 Å². The largest absolute Gasteiger partial charge is 0.393 e. The van der Waals surface area contributed by atoms with Crippen molar-refractivity contribution in [3.63, 3.8) is 0 Å². The van der Waals surface area contributed by atoms with E-state index in [1.54, 1.807) is 9.58 Å². The fourth-order valence-corrected chi connectivity index (χ4v) is 3.30. The lowest BCUT2D eigenvalue weighted by Crippen LogP contribution is -2.33. The number of carbonyl (C=O) groups is 1. The second-order valence-corrected chi connectivity index (χ2v) is 6.98. The molecule has 134 valence electrons. The highest BCUT2D eigenvalue weighted by atomic mass is 16.3. The van der Waals surface area contributed by atoms with E-state index in [4.69, 9.17) is 0 Å². The van der Waals surface area contributed by atoms with Crippen LogP contribution >= 0.6 is 0 Å². The van der Waals surface area contributed by atoms with Crippen molar-refractivity contribution in [2.24, 2.45) is 0 Å². The number of aryl methyl sites for hydroxylation is 1. The third-order valence-electron chi connectivity index (χ3n) is 4.73. The van der Waals surface area contributed by atoms with Gasteiger partial charge in [0.1, 0.15) is 5.82 Å². The van der Waals surface area contributed by atoms with Gasteiger partial charge in [0.15, 0.2) is 0 Å². The summed E-state index contributed by atoms with van der Waals surface area (Å²) < 4.78 is 1.76. The maximum Gasteiger partial charge on any atom is 0.293 e. The average Bonchev–Trinajstić information content (AvgIpc) is 2.85. The number of amides is 1. The average molecular weight is 342 g/mol. The zero-order chi connectivity index (χ0) is 18.0. The molecule has 1 unspecified atom stereocenters. The van der Waals surface area contributed by atoms with E-state index < -0.39 is 0 Å². The van der Waals surface area contributed by atoms with Crippen molar-refractivity contribution in [1.82, 2.24) is 19.7 Å². The first-order chi connectivity index (χ1) is 12.0. The monoisotopic (exact) mass is 342 g/mol. The van der Waals surface area contributed by atoms with Crippen molar-refractivity contribution in [1.29, 1.82) is 0 Å². The smallest absolute Gasteiger partial charge is 0.293 e. The molecular formula is C19H26N4O2. The predicted molar refractivity (Wildman–Crippen MR) is 95.9 cm³/mol. The number of carbonyl (C=O) groups excluding carboxylic acids is 1. The Morgan fingerprint density at radius 2 is 2.00 bits per heavy atom. The van der Waals surface area contributed by atoms with Crippen LogP contribution in [-0.2, 0) is 0 Å². The number of hydrogen-bond donors (Lipinski definition) is 1. The van der Waals surface area contributed by atoms with Crippen LogP contribution in [0.25, 0.3) is 5.69 Å². The summed E-state index contributed by atoms with van der Waals surface area (Å²) in [6.07, 6.45) is 1.85. The van der Waals surface area contributed by atoms with Crippen LogP contribution in [0.2, 0.25) is 0 Å². The fourth-order valence-electron chi connectivity index (χ4n) is 3.30. The molecule has 6 heteroatoms. The minimum Gasteiger partial charge on any atom is -0.393 e. The summed E-state index contributed by atoms with van der Waals surface area (Å²) in [6.45, 7) is 7.34. The van der Waals surface area contributed by atoms with Crippen molar-refractivity contribution >= 4 is 5.91 Å². The van der Waals surface area contributed by atoms with Crippen LogP contribution in [0, 0.1) is 6.92 Å². The molecule has 1 aliphatic rings. The maximum absolute atomic E-state index is 12.8. The Morgan fingerprint density at radius 1 is 1.24 bits per heavy atom. The van der Waals surface area contributed by atoms with Crippen LogP contribution in [0.1, 0.15) is 61.0 Å². The van der Waals surface area contributed by atoms with E-state index in [1.807, 2.05) is 25.1 Å². The summed E-state index contributed by atoms with van der Waals surface area (Å²) in [5.74, 6) is 1.13. The second-order valence-electron chi connectivity index (χ2n) is 6.98. The maximum atomic E-state index is 12.8. The molecule has 25 heavy (non-hydrogen) atoms. The van der Waals surface area contributed by atoms with Gasteiger partial charge in [0.05, 0.1) is 11.8 Å². The zero-order valence-electron chi connectivity index (χ0n) is 15.1. The quantitative estimate of drug-likeness (QED) is 0.931. The second kappa shape index (κ2) is 7.35. The number of aliphatic hydroxyl groups excluding tert-OH is 1. The van der Waals surface area contributed by atoms with E-state index in [0.717, 1.165) is 18.5 Å². The van der Waals surface area contributed by atoms with Crippen LogP contribution in [0.3, 0.4) is 0 Å². The van der Waals surface area contributed by atoms with Crippen LogP contribution in [0.4, 0.5) is 0 Å². The van der Waals surface area contributed by atoms with Crippen molar-refractivity contribution in [3.05, 3.63) is 41.5 Å². The number of rotatable bonds is 3. The van der Waals surface area contributed by atoms with E-state index in [9.17, 15) is 9.90 Å². The van der Waals surface area contributed by atoms with Crippen molar-refractivity contribution in [2.45, 2.75) is 52.1 Å². The topological polar surface area (TPSA) is 71.2 Å². The normalized spacial score (nSPS) is 18.4. The third kappa shape index (κ3) is 3.74. The van der Waals surface area contributed by atoms with Crippen LogP contribution in [0.5, 0.6) is 0 Å². The molecule has 1 aliphatic heterocycles. The van der Waals surface area contributed by atoms with E-state index in [0.29, 0.717) is 31.3 Å². The number of para-hydroxylation sites is 1. The molecule has 0 radical (unpaired) electrons. The summed E-state index contributed by atoms with van der Waals surface area (Å²) in [5, 5.41) is 14.3. The predicted octanol–water partition coefficient (Wildman–Crippen LogP) is 2.69. The Labute approximate surface area is 148 Å². The molecule has 0 bridgehead atoms. The van der Waals surface area contributed by atoms with Gasteiger partial charge in [0, 0.05) is 13.1 Å². The molecule has 1 atom stereocenters. The van der Waals surface area contributed by atoms with Crippen molar-refractivity contribution in [2.75, 3.05) is 13.1 Å². The van der Waals surface area contributed by atoms with Gasteiger partial charge in [-0.15, -0.1) is 5.10 Å². The SMILES string of the molecule is Cc1nc(C(=O)N2CCCC(O)CC2)nn1-c1ccccc1C(C)C. The van der Waals surface area contributed by atoms with Gasteiger partial charge in [-0.05, 0) is 43.7 Å². The van der Waals surface area contributed by atoms with Gasteiger partial charge in [0.2, 0.25) is 5.82 Å². The molecule has 1 N–H and O–H groups in total. The van der Waals surface area contributed by atoms with Crippen LogP contribution < -0.4 is 0 Å². The lowest BCUT2D eigenvalue weighted by molar-refractivity contribution is 0.0741. The van der Waals surface area contributed by atoms with Gasteiger partial charge in [-0.25, -0.2) is 9.67 Å². The highest BCUT2D eigenvalue weighted by Crippen LogP contribution is 2.23. The van der Waals surface area contributed by atoms with Gasteiger partial charge < -0.3 is 10.0 Å². The molecule has 1 fully saturated rings. The van der Waals surface area contributed by atoms with E-state index >= 15 is 0 Å². The molecule has 1 amide bonds. The molecule has 0 spiro atoms. The molecule has 1 aromatic carbocycles. The van der Waals surface area contributed by atoms with Gasteiger partial charge in [-0.1, -0.05) is 32.0 Å². The molecular weight excluding hydrogens is 316 g/mol. The number of aliphatic hydroxyl groups is 1. The molecule has 2 aromatic rings. The minimum absolute atomic E-state index is 0.155. The molecule has 6 nitrogen and oxygen atoms in total. The number of aromatic nitrogens is 3. The fraction of sp³-hybridized carbons (Fsp3) is 0.526.